The number of nitrogens with zero attached hydrogens (tertiary/aromatic N) is 2. The Balaban J connectivity index is 2.01. The molecule has 4 heteroatoms. The van der Waals surface area contributed by atoms with Gasteiger partial charge in [0.25, 0.3) is 0 Å². The second-order valence-electron chi connectivity index (χ2n) is 5.73. The highest BCUT2D eigenvalue weighted by Gasteiger charge is 2.19. The molecule has 3 nitrogen and oxygen atoms in total. The molecular formula is C14H25N3S. The SMILES string of the molecule is CC1CCN(Cc2nc(C(C)C)c(CN)s2)CC1. The van der Waals surface area contributed by atoms with Gasteiger partial charge in [0, 0.05) is 11.4 Å². The van der Waals surface area contributed by atoms with Crippen molar-refractivity contribution in [1.29, 1.82) is 0 Å². The van der Waals surface area contributed by atoms with Gasteiger partial charge in [0.15, 0.2) is 0 Å². The van der Waals surface area contributed by atoms with E-state index in [1.807, 2.05) is 0 Å². The lowest BCUT2D eigenvalue weighted by atomic mass is 9.99. The summed E-state index contributed by atoms with van der Waals surface area (Å²) in [7, 11) is 0. The van der Waals surface area contributed by atoms with Crippen molar-refractivity contribution in [3.63, 3.8) is 0 Å². The summed E-state index contributed by atoms with van der Waals surface area (Å²) in [5.41, 5.74) is 7.02. The standard InChI is InChI=1S/C14H25N3S/c1-10(2)14-12(8-15)18-13(16-14)9-17-6-4-11(3)5-7-17/h10-11H,4-9,15H2,1-3H3. The molecule has 0 amide bonds. The molecule has 1 aliphatic heterocycles. The first-order valence-corrected chi connectivity index (χ1v) is 7.82. The van der Waals surface area contributed by atoms with Gasteiger partial charge in [-0.1, -0.05) is 20.8 Å². The molecule has 2 heterocycles. The first-order chi connectivity index (χ1) is 8.60. The molecule has 1 aromatic rings. The molecule has 102 valence electrons. The smallest absolute Gasteiger partial charge is 0.107 e. The zero-order chi connectivity index (χ0) is 13.1. The second kappa shape index (κ2) is 6.13. The van der Waals surface area contributed by atoms with Crippen LogP contribution in [0.2, 0.25) is 0 Å². The van der Waals surface area contributed by atoms with Crippen molar-refractivity contribution in [3.8, 4) is 0 Å². The third-order valence-corrected chi connectivity index (χ3v) is 4.82. The molecule has 0 saturated carbocycles. The van der Waals surface area contributed by atoms with Gasteiger partial charge in [0.2, 0.25) is 0 Å². The van der Waals surface area contributed by atoms with Gasteiger partial charge in [-0.15, -0.1) is 11.3 Å². The molecule has 1 aromatic heterocycles. The van der Waals surface area contributed by atoms with Crippen LogP contribution in [0.3, 0.4) is 0 Å². The van der Waals surface area contributed by atoms with E-state index in [0.717, 1.165) is 12.5 Å². The Kier molecular flexibility index (Phi) is 4.76. The Morgan fingerprint density at radius 2 is 2.06 bits per heavy atom. The van der Waals surface area contributed by atoms with Crippen LogP contribution in [-0.4, -0.2) is 23.0 Å². The van der Waals surface area contributed by atoms with E-state index in [-0.39, 0.29) is 0 Å². The minimum Gasteiger partial charge on any atom is -0.326 e. The molecule has 0 aromatic carbocycles. The monoisotopic (exact) mass is 267 g/mol. The second-order valence-corrected chi connectivity index (χ2v) is 6.90. The first-order valence-electron chi connectivity index (χ1n) is 7.01. The van der Waals surface area contributed by atoms with Gasteiger partial charge in [-0.05, 0) is 37.8 Å². The maximum absolute atomic E-state index is 5.81. The minimum atomic E-state index is 0.481. The van der Waals surface area contributed by atoms with Crippen LogP contribution in [0.4, 0.5) is 0 Å². The molecule has 1 fully saturated rings. The van der Waals surface area contributed by atoms with Crippen LogP contribution in [0.25, 0.3) is 0 Å². The third-order valence-electron chi connectivity index (χ3n) is 3.74. The number of rotatable bonds is 4. The minimum absolute atomic E-state index is 0.481. The number of hydrogen-bond donors (Lipinski definition) is 1. The molecule has 0 bridgehead atoms. The zero-order valence-corrected chi connectivity index (χ0v) is 12.6. The van der Waals surface area contributed by atoms with Gasteiger partial charge in [-0.2, -0.15) is 0 Å². The van der Waals surface area contributed by atoms with E-state index < -0.39 is 0 Å². The lowest BCUT2D eigenvalue weighted by Crippen LogP contribution is -2.32. The third kappa shape index (κ3) is 3.31. The van der Waals surface area contributed by atoms with E-state index in [4.69, 9.17) is 10.7 Å². The molecule has 1 aliphatic rings. The summed E-state index contributed by atoms with van der Waals surface area (Å²) in [5.74, 6) is 1.37. The van der Waals surface area contributed by atoms with Gasteiger partial charge in [0.1, 0.15) is 5.01 Å². The summed E-state index contributed by atoms with van der Waals surface area (Å²) in [4.78, 5) is 8.59. The largest absolute Gasteiger partial charge is 0.326 e. The molecule has 2 rings (SSSR count). The maximum Gasteiger partial charge on any atom is 0.107 e. The first kappa shape index (κ1) is 14.0. The van der Waals surface area contributed by atoms with Crippen molar-refractivity contribution in [2.24, 2.45) is 11.7 Å². The summed E-state index contributed by atoms with van der Waals surface area (Å²) in [5, 5.41) is 1.24. The van der Waals surface area contributed by atoms with E-state index in [2.05, 4.69) is 25.7 Å². The van der Waals surface area contributed by atoms with Crippen molar-refractivity contribution in [2.45, 2.75) is 52.6 Å². The Bertz CT molecular complexity index is 378. The molecular weight excluding hydrogens is 242 g/mol. The summed E-state index contributed by atoms with van der Waals surface area (Å²) in [6, 6.07) is 0. The number of piperidine rings is 1. The number of likely N-dealkylation sites (tertiary alicyclic amines) is 1. The van der Waals surface area contributed by atoms with Crippen molar-refractivity contribution >= 4 is 11.3 Å². The van der Waals surface area contributed by atoms with E-state index in [0.29, 0.717) is 12.5 Å². The number of hydrogen-bond acceptors (Lipinski definition) is 4. The van der Waals surface area contributed by atoms with Crippen molar-refractivity contribution in [2.75, 3.05) is 13.1 Å². The molecule has 0 radical (unpaired) electrons. The molecule has 0 atom stereocenters. The predicted molar refractivity (Wildman–Crippen MR) is 77.8 cm³/mol. The van der Waals surface area contributed by atoms with Crippen molar-refractivity contribution in [1.82, 2.24) is 9.88 Å². The van der Waals surface area contributed by atoms with Crippen LogP contribution < -0.4 is 5.73 Å². The molecule has 1 saturated heterocycles. The van der Waals surface area contributed by atoms with Crippen LogP contribution in [0, 0.1) is 5.92 Å². The van der Waals surface area contributed by atoms with E-state index in [1.165, 1.54) is 41.5 Å². The van der Waals surface area contributed by atoms with Crippen LogP contribution in [0.15, 0.2) is 0 Å². The van der Waals surface area contributed by atoms with Crippen LogP contribution in [-0.2, 0) is 13.1 Å². The number of thiazole rings is 1. The normalized spacial score (nSPS) is 18.7. The molecule has 2 N–H and O–H groups in total. The van der Waals surface area contributed by atoms with Gasteiger partial charge in [-0.3, -0.25) is 4.90 Å². The van der Waals surface area contributed by atoms with Crippen LogP contribution in [0.5, 0.6) is 0 Å². The fourth-order valence-corrected chi connectivity index (χ4v) is 3.64. The Labute approximate surface area is 114 Å². The lowest BCUT2D eigenvalue weighted by Gasteiger charge is -2.29. The Hall–Kier alpha value is -0.450. The Morgan fingerprint density at radius 3 is 2.56 bits per heavy atom. The van der Waals surface area contributed by atoms with Gasteiger partial charge in [-0.25, -0.2) is 4.98 Å². The highest BCUT2D eigenvalue weighted by molar-refractivity contribution is 7.11. The molecule has 18 heavy (non-hydrogen) atoms. The fraction of sp³-hybridized carbons (Fsp3) is 0.786. The summed E-state index contributed by atoms with van der Waals surface area (Å²) >= 11 is 1.80. The molecule has 0 unspecified atom stereocenters. The zero-order valence-electron chi connectivity index (χ0n) is 11.8. The highest BCUT2D eigenvalue weighted by atomic mass is 32.1. The highest BCUT2D eigenvalue weighted by Crippen LogP contribution is 2.26. The Morgan fingerprint density at radius 1 is 1.39 bits per heavy atom. The average Bonchev–Trinajstić information content (AvgIpc) is 2.75. The number of aromatic nitrogens is 1. The van der Waals surface area contributed by atoms with Crippen molar-refractivity contribution < 1.29 is 0 Å². The van der Waals surface area contributed by atoms with Crippen LogP contribution >= 0.6 is 11.3 Å². The van der Waals surface area contributed by atoms with Gasteiger partial charge in [0.05, 0.1) is 12.2 Å². The van der Waals surface area contributed by atoms with Crippen molar-refractivity contribution in [3.05, 3.63) is 15.6 Å². The maximum atomic E-state index is 5.81. The fourth-order valence-electron chi connectivity index (χ4n) is 2.49. The molecule has 0 spiro atoms. The average molecular weight is 267 g/mol. The van der Waals surface area contributed by atoms with Gasteiger partial charge >= 0.3 is 0 Å². The quantitative estimate of drug-likeness (QED) is 0.912. The van der Waals surface area contributed by atoms with E-state index >= 15 is 0 Å². The number of nitrogens with two attached hydrogens (primary N) is 1. The van der Waals surface area contributed by atoms with E-state index in [9.17, 15) is 0 Å². The summed E-state index contributed by atoms with van der Waals surface area (Å²) in [6.07, 6.45) is 2.65. The topological polar surface area (TPSA) is 42.2 Å². The molecule has 0 aliphatic carbocycles. The summed E-state index contributed by atoms with van der Waals surface area (Å²) in [6.45, 7) is 10.8. The van der Waals surface area contributed by atoms with Gasteiger partial charge < -0.3 is 5.73 Å². The van der Waals surface area contributed by atoms with Crippen LogP contribution in [0.1, 0.15) is 55.1 Å². The predicted octanol–water partition coefficient (Wildman–Crippen LogP) is 2.96. The lowest BCUT2D eigenvalue weighted by molar-refractivity contribution is 0.185. The van der Waals surface area contributed by atoms with E-state index in [1.54, 1.807) is 11.3 Å². The summed E-state index contributed by atoms with van der Waals surface area (Å²) < 4.78 is 0.